The van der Waals surface area contributed by atoms with Crippen LogP contribution >= 0.6 is 0 Å². The molecule has 0 aliphatic rings. The van der Waals surface area contributed by atoms with Crippen LogP contribution in [0.3, 0.4) is 0 Å². The van der Waals surface area contributed by atoms with Crippen molar-refractivity contribution < 1.29 is 9.53 Å². The number of nitrogens with one attached hydrogen (secondary N) is 1. The van der Waals surface area contributed by atoms with Crippen molar-refractivity contribution in [3.05, 3.63) is 59.3 Å². The normalized spacial score (nSPS) is 10.2. The lowest BCUT2D eigenvalue weighted by Gasteiger charge is -2.07. The van der Waals surface area contributed by atoms with Crippen LogP contribution in [0.1, 0.15) is 21.5 Å². The van der Waals surface area contributed by atoms with Gasteiger partial charge in [0.25, 0.3) is 5.91 Å². The summed E-state index contributed by atoms with van der Waals surface area (Å²) in [6, 6.07) is 11.1. The molecule has 3 N–H and O–H groups in total. The van der Waals surface area contributed by atoms with Gasteiger partial charge in [0.15, 0.2) is 0 Å². The van der Waals surface area contributed by atoms with Crippen LogP contribution in [-0.4, -0.2) is 24.5 Å². The second-order valence-electron chi connectivity index (χ2n) is 4.62. The van der Waals surface area contributed by atoms with E-state index in [0.717, 1.165) is 17.5 Å². The zero-order chi connectivity index (χ0) is 15.1. The number of hydrogen-bond acceptors (Lipinski definition) is 4. The van der Waals surface area contributed by atoms with Crippen LogP contribution in [0, 0.1) is 0 Å². The molecule has 0 aliphatic heterocycles. The fourth-order valence-electron chi connectivity index (χ4n) is 1.95. The Morgan fingerprint density at radius 2 is 2.00 bits per heavy atom. The van der Waals surface area contributed by atoms with E-state index in [1.54, 1.807) is 19.4 Å². The molecule has 1 heterocycles. The summed E-state index contributed by atoms with van der Waals surface area (Å²) >= 11 is 0. The molecule has 1 aromatic heterocycles. The molecular formula is C16H19N3O2. The number of rotatable bonds is 6. The summed E-state index contributed by atoms with van der Waals surface area (Å²) in [5, 5.41) is 2.87. The van der Waals surface area contributed by atoms with Crippen LogP contribution in [0.25, 0.3) is 0 Å². The van der Waals surface area contributed by atoms with Gasteiger partial charge in [-0.1, -0.05) is 12.1 Å². The van der Waals surface area contributed by atoms with Gasteiger partial charge in [-0.15, -0.1) is 0 Å². The SMILES string of the molecule is COc1cc(CNC(=O)c2ccc(CCN)cc2)ccn1. The summed E-state index contributed by atoms with van der Waals surface area (Å²) in [5.74, 6) is 0.429. The Labute approximate surface area is 124 Å². The molecule has 1 amide bonds. The Kier molecular flexibility index (Phi) is 5.29. The van der Waals surface area contributed by atoms with E-state index >= 15 is 0 Å². The maximum Gasteiger partial charge on any atom is 0.251 e. The molecule has 0 saturated heterocycles. The minimum Gasteiger partial charge on any atom is -0.481 e. The minimum atomic E-state index is -0.106. The Hall–Kier alpha value is -2.40. The highest BCUT2D eigenvalue weighted by atomic mass is 16.5. The highest BCUT2D eigenvalue weighted by Crippen LogP contribution is 2.09. The van der Waals surface area contributed by atoms with Crippen molar-refractivity contribution in [2.75, 3.05) is 13.7 Å². The molecular weight excluding hydrogens is 266 g/mol. The Morgan fingerprint density at radius 3 is 2.67 bits per heavy atom. The summed E-state index contributed by atoms with van der Waals surface area (Å²) in [4.78, 5) is 16.1. The zero-order valence-corrected chi connectivity index (χ0v) is 12.0. The molecule has 110 valence electrons. The van der Waals surface area contributed by atoms with Gasteiger partial charge in [-0.3, -0.25) is 4.79 Å². The van der Waals surface area contributed by atoms with Crippen molar-refractivity contribution in [1.82, 2.24) is 10.3 Å². The molecule has 0 atom stereocenters. The topological polar surface area (TPSA) is 77.2 Å². The maximum atomic E-state index is 12.1. The fraction of sp³-hybridized carbons (Fsp3) is 0.250. The number of amides is 1. The second-order valence-corrected chi connectivity index (χ2v) is 4.62. The minimum absolute atomic E-state index is 0.106. The van der Waals surface area contributed by atoms with E-state index in [9.17, 15) is 4.79 Å². The number of ether oxygens (including phenoxy) is 1. The number of carbonyl (C=O) groups excluding carboxylic acids is 1. The Balaban J connectivity index is 1.94. The first-order valence-corrected chi connectivity index (χ1v) is 6.79. The number of hydrogen-bond donors (Lipinski definition) is 2. The van der Waals surface area contributed by atoms with E-state index in [0.29, 0.717) is 24.5 Å². The lowest BCUT2D eigenvalue weighted by atomic mass is 10.1. The zero-order valence-electron chi connectivity index (χ0n) is 12.0. The van der Waals surface area contributed by atoms with E-state index in [1.807, 2.05) is 30.3 Å². The molecule has 0 fully saturated rings. The first-order valence-electron chi connectivity index (χ1n) is 6.79. The third-order valence-electron chi connectivity index (χ3n) is 3.11. The summed E-state index contributed by atoms with van der Waals surface area (Å²) < 4.78 is 5.05. The van der Waals surface area contributed by atoms with Gasteiger partial charge in [0.05, 0.1) is 7.11 Å². The number of nitrogens with two attached hydrogens (primary N) is 1. The molecule has 1 aromatic carbocycles. The van der Waals surface area contributed by atoms with E-state index in [2.05, 4.69) is 10.3 Å². The molecule has 2 aromatic rings. The lowest BCUT2D eigenvalue weighted by Crippen LogP contribution is -2.22. The first kappa shape index (κ1) is 15.0. The predicted molar refractivity (Wildman–Crippen MR) is 81.2 cm³/mol. The van der Waals surface area contributed by atoms with Crippen molar-refractivity contribution in [3.8, 4) is 5.88 Å². The van der Waals surface area contributed by atoms with Crippen molar-refractivity contribution in [2.24, 2.45) is 5.73 Å². The quantitative estimate of drug-likeness (QED) is 0.843. The smallest absolute Gasteiger partial charge is 0.251 e. The van der Waals surface area contributed by atoms with Crippen molar-refractivity contribution in [2.45, 2.75) is 13.0 Å². The van der Waals surface area contributed by atoms with Gasteiger partial charge in [-0.05, 0) is 42.3 Å². The number of nitrogens with zero attached hydrogens (tertiary/aromatic N) is 1. The average molecular weight is 285 g/mol. The third-order valence-corrected chi connectivity index (χ3v) is 3.11. The first-order chi connectivity index (χ1) is 10.2. The summed E-state index contributed by atoms with van der Waals surface area (Å²) in [7, 11) is 1.56. The monoisotopic (exact) mass is 285 g/mol. The van der Waals surface area contributed by atoms with Crippen LogP contribution in [0.15, 0.2) is 42.6 Å². The summed E-state index contributed by atoms with van der Waals surface area (Å²) in [5.41, 5.74) is 8.21. The van der Waals surface area contributed by atoms with Crippen LogP contribution in [0.4, 0.5) is 0 Å². The summed E-state index contributed by atoms with van der Waals surface area (Å²) in [6.07, 6.45) is 2.47. The van der Waals surface area contributed by atoms with Crippen molar-refractivity contribution in [1.29, 1.82) is 0 Å². The molecule has 0 unspecified atom stereocenters. The van der Waals surface area contributed by atoms with Gasteiger partial charge >= 0.3 is 0 Å². The molecule has 5 nitrogen and oxygen atoms in total. The third kappa shape index (κ3) is 4.29. The standard InChI is InChI=1S/C16H19N3O2/c1-21-15-10-13(7-9-18-15)11-19-16(20)14-4-2-12(3-5-14)6-8-17/h2-5,7,9-10H,6,8,11,17H2,1H3,(H,19,20). The van der Waals surface area contributed by atoms with Gasteiger partial charge in [0.2, 0.25) is 5.88 Å². The van der Waals surface area contributed by atoms with Crippen molar-refractivity contribution >= 4 is 5.91 Å². The number of benzene rings is 1. The van der Waals surface area contributed by atoms with Crippen LogP contribution in [0.5, 0.6) is 5.88 Å². The Bertz CT molecular complexity index is 597. The number of pyridine rings is 1. The number of aromatic nitrogens is 1. The number of carbonyl (C=O) groups is 1. The van der Waals surface area contributed by atoms with E-state index in [-0.39, 0.29) is 5.91 Å². The van der Waals surface area contributed by atoms with Crippen LogP contribution < -0.4 is 15.8 Å². The average Bonchev–Trinajstić information content (AvgIpc) is 2.54. The van der Waals surface area contributed by atoms with Gasteiger partial charge in [0, 0.05) is 24.4 Å². The molecule has 21 heavy (non-hydrogen) atoms. The van der Waals surface area contributed by atoms with E-state index in [4.69, 9.17) is 10.5 Å². The molecule has 0 aliphatic carbocycles. The number of methoxy groups -OCH3 is 1. The lowest BCUT2D eigenvalue weighted by molar-refractivity contribution is 0.0951. The van der Waals surface area contributed by atoms with E-state index in [1.165, 1.54) is 0 Å². The predicted octanol–water partition coefficient (Wildman–Crippen LogP) is 1.52. The van der Waals surface area contributed by atoms with Gasteiger partial charge in [0.1, 0.15) is 0 Å². The van der Waals surface area contributed by atoms with Gasteiger partial charge in [-0.25, -0.2) is 4.98 Å². The van der Waals surface area contributed by atoms with Gasteiger partial charge in [-0.2, -0.15) is 0 Å². The maximum absolute atomic E-state index is 12.1. The molecule has 2 rings (SSSR count). The van der Waals surface area contributed by atoms with Crippen LogP contribution in [0.2, 0.25) is 0 Å². The fourth-order valence-corrected chi connectivity index (χ4v) is 1.95. The highest BCUT2D eigenvalue weighted by molar-refractivity contribution is 5.94. The van der Waals surface area contributed by atoms with E-state index < -0.39 is 0 Å². The summed E-state index contributed by atoms with van der Waals surface area (Å²) in [6.45, 7) is 1.04. The van der Waals surface area contributed by atoms with Crippen molar-refractivity contribution in [3.63, 3.8) is 0 Å². The Morgan fingerprint density at radius 1 is 1.24 bits per heavy atom. The second kappa shape index (κ2) is 7.40. The largest absolute Gasteiger partial charge is 0.481 e. The molecule has 0 saturated carbocycles. The highest BCUT2D eigenvalue weighted by Gasteiger charge is 2.05. The van der Waals surface area contributed by atoms with Crippen LogP contribution in [-0.2, 0) is 13.0 Å². The molecule has 0 spiro atoms. The molecule has 5 heteroatoms. The molecule has 0 radical (unpaired) electrons. The van der Waals surface area contributed by atoms with Gasteiger partial charge < -0.3 is 15.8 Å². The molecule has 0 bridgehead atoms.